The molecular weight excluding hydrogens is 416 g/mol. The van der Waals surface area contributed by atoms with Crippen molar-refractivity contribution in [3.63, 3.8) is 0 Å². The van der Waals surface area contributed by atoms with E-state index in [2.05, 4.69) is 5.32 Å². The molecule has 164 valence electrons. The van der Waals surface area contributed by atoms with E-state index in [0.29, 0.717) is 5.69 Å². The molecule has 1 aliphatic heterocycles. The molecule has 30 heavy (non-hydrogen) atoms. The average molecular weight is 440 g/mol. The second kappa shape index (κ2) is 11.0. The van der Waals surface area contributed by atoms with Gasteiger partial charge in [0.2, 0.25) is 5.91 Å². The lowest BCUT2D eigenvalue weighted by atomic mass is 9.97. The molecule has 1 saturated heterocycles. The van der Waals surface area contributed by atoms with Gasteiger partial charge in [-0.15, -0.1) is 0 Å². The monoisotopic (exact) mass is 440 g/mol. The van der Waals surface area contributed by atoms with E-state index in [1.54, 1.807) is 24.3 Å². The van der Waals surface area contributed by atoms with Crippen LogP contribution in [-0.4, -0.2) is 60.7 Å². The topological polar surface area (TPSA) is 143 Å². The fraction of sp³-hybridized carbons (Fsp3) is 0.474. The number of esters is 2. The van der Waals surface area contributed by atoms with Gasteiger partial charge in [-0.05, 0) is 24.3 Å². The van der Waals surface area contributed by atoms with Crippen LogP contribution in [0.25, 0.3) is 0 Å². The summed E-state index contributed by atoms with van der Waals surface area (Å²) in [5, 5.41) is 2.66. The summed E-state index contributed by atoms with van der Waals surface area (Å²) in [6, 6.07) is 6.01. The van der Waals surface area contributed by atoms with E-state index in [-0.39, 0.29) is 19.0 Å². The zero-order chi connectivity index (χ0) is 22.3. The summed E-state index contributed by atoms with van der Waals surface area (Å²) in [5.41, 5.74) is 6.10. The first-order valence-electron chi connectivity index (χ1n) is 9.06. The molecule has 0 aliphatic carbocycles. The highest BCUT2D eigenvalue weighted by atomic mass is 32.2. The number of anilines is 1. The van der Waals surface area contributed by atoms with Crippen molar-refractivity contribution in [3.05, 3.63) is 24.3 Å². The molecule has 1 aromatic rings. The zero-order valence-corrected chi connectivity index (χ0v) is 17.5. The minimum Gasteiger partial charge on any atom is -0.463 e. The molecule has 1 amide bonds. The second-order valence-corrected chi connectivity index (χ2v) is 7.69. The van der Waals surface area contributed by atoms with Crippen molar-refractivity contribution in [2.45, 2.75) is 55.5 Å². The van der Waals surface area contributed by atoms with Crippen LogP contribution in [0.4, 0.5) is 5.69 Å². The van der Waals surface area contributed by atoms with Crippen molar-refractivity contribution in [2.24, 2.45) is 5.73 Å². The Kier molecular flexibility index (Phi) is 8.63. The lowest BCUT2D eigenvalue weighted by Crippen LogP contribution is -2.63. The molecule has 1 heterocycles. The zero-order valence-electron chi connectivity index (χ0n) is 16.7. The maximum Gasteiger partial charge on any atom is 0.303 e. The van der Waals surface area contributed by atoms with Gasteiger partial charge in [-0.2, -0.15) is 0 Å². The van der Waals surface area contributed by atoms with E-state index in [1.807, 2.05) is 0 Å². The Hall–Kier alpha value is -2.63. The Morgan fingerprint density at radius 2 is 1.80 bits per heavy atom. The number of nitrogens with two attached hydrogens (primary N) is 1. The molecule has 0 spiro atoms. The highest BCUT2D eigenvalue weighted by Crippen LogP contribution is 2.35. The summed E-state index contributed by atoms with van der Waals surface area (Å²) in [6.07, 6.45) is -2.76. The van der Waals surface area contributed by atoms with Gasteiger partial charge in [-0.25, -0.2) is 0 Å². The van der Waals surface area contributed by atoms with Crippen LogP contribution in [0.5, 0.6) is 0 Å². The van der Waals surface area contributed by atoms with Crippen LogP contribution in [0.1, 0.15) is 20.8 Å². The molecular formula is C19H24N2O8S. The predicted molar refractivity (Wildman–Crippen MR) is 106 cm³/mol. The number of nitrogens with one attached hydrogen (secondary N) is 1. The van der Waals surface area contributed by atoms with Gasteiger partial charge in [-0.1, -0.05) is 11.8 Å². The first-order chi connectivity index (χ1) is 14.2. The third kappa shape index (κ3) is 6.71. The van der Waals surface area contributed by atoms with Gasteiger partial charge in [0.15, 0.2) is 6.10 Å². The molecule has 1 aromatic carbocycles. The molecule has 0 bridgehead atoms. The number of rotatable bonds is 8. The molecule has 1 fully saturated rings. The van der Waals surface area contributed by atoms with Gasteiger partial charge >= 0.3 is 11.9 Å². The van der Waals surface area contributed by atoms with Crippen LogP contribution in [0.15, 0.2) is 29.2 Å². The van der Waals surface area contributed by atoms with Crippen LogP contribution in [0.3, 0.4) is 0 Å². The average Bonchev–Trinajstić information content (AvgIpc) is 2.66. The maximum atomic E-state index is 11.5. The van der Waals surface area contributed by atoms with Crippen LogP contribution in [0, 0.1) is 0 Å². The number of hydrogen-bond acceptors (Lipinski definition) is 10. The van der Waals surface area contributed by atoms with Crippen LogP contribution >= 0.6 is 11.8 Å². The third-order valence-corrected chi connectivity index (χ3v) is 5.25. The summed E-state index contributed by atoms with van der Waals surface area (Å²) < 4.78 is 21.4. The van der Waals surface area contributed by atoms with Crippen molar-refractivity contribution in [2.75, 3.05) is 11.9 Å². The first kappa shape index (κ1) is 23.6. The van der Waals surface area contributed by atoms with Gasteiger partial charge < -0.3 is 30.0 Å². The van der Waals surface area contributed by atoms with Crippen LogP contribution < -0.4 is 11.1 Å². The Labute approximate surface area is 177 Å². The van der Waals surface area contributed by atoms with Gasteiger partial charge in [-0.3, -0.25) is 19.2 Å². The lowest BCUT2D eigenvalue weighted by Gasteiger charge is -2.43. The number of hydrogen-bond donors (Lipinski definition) is 2. The van der Waals surface area contributed by atoms with E-state index < -0.39 is 41.7 Å². The molecule has 5 unspecified atom stereocenters. The van der Waals surface area contributed by atoms with E-state index in [1.165, 1.54) is 32.5 Å². The molecule has 0 aromatic heterocycles. The predicted octanol–water partition coefficient (Wildman–Crippen LogP) is 0.826. The summed E-state index contributed by atoms with van der Waals surface area (Å²) in [7, 11) is 0. The molecule has 0 saturated carbocycles. The molecule has 1 aliphatic rings. The Morgan fingerprint density at radius 3 is 2.33 bits per heavy atom. The number of carbonyl (C=O) groups is 4. The highest BCUT2D eigenvalue weighted by Gasteiger charge is 2.48. The Bertz CT molecular complexity index is 772. The minimum atomic E-state index is -0.981. The van der Waals surface area contributed by atoms with Crippen molar-refractivity contribution in [1.29, 1.82) is 0 Å². The summed E-state index contributed by atoms with van der Waals surface area (Å²) in [4.78, 5) is 45.6. The summed E-state index contributed by atoms with van der Waals surface area (Å²) >= 11 is 1.22. The minimum absolute atomic E-state index is 0.187. The van der Waals surface area contributed by atoms with Gasteiger partial charge in [0.05, 0.1) is 6.04 Å². The third-order valence-electron chi connectivity index (χ3n) is 4.09. The number of benzene rings is 1. The van der Waals surface area contributed by atoms with E-state index in [0.717, 1.165) is 4.90 Å². The van der Waals surface area contributed by atoms with Crippen LogP contribution in [0.2, 0.25) is 0 Å². The SMILES string of the molecule is CC(=O)Nc1ccc(SC2OC(COC(C)=O)C(OC(C)=O)C(N)C2OC=O)cc1. The smallest absolute Gasteiger partial charge is 0.303 e. The molecule has 5 atom stereocenters. The van der Waals surface area contributed by atoms with Gasteiger partial charge in [0.25, 0.3) is 6.47 Å². The largest absolute Gasteiger partial charge is 0.463 e. The lowest BCUT2D eigenvalue weighted by molar-refractivity contribution is -0.197. The van der Waals surface area contributed by atoms with E-state index >= 15 is 0 Å². The maximum absolute atomic E-state index is 11.5. The molecule has 2 rings (SSSR count). The summed E-state index contributed by atoms with van der Waals surface area (Å²) in [5.74, 6) is -1.32. The molecule has 0 radical (unpaired) electrons. The first-order valence-corrected chi connectivity index (χ1v) is 9.94. The highest BCUT2D eigenvalue weighted by molar-refractivity contribution is 7.99. The van der Waals surface area contributed by atoms with Crippen molar-refractivity contribution >= 4 is 41.8 Å². The second-order valence-electron chi connectivity index (χ2n) is 6.52. The fourth-order valence-electron chi connectivity index (χ4n) is 2.89. The number of carbonyl (C=O) groups excluding carboxylic acids is 4. The van der Waals surface area contributed by atoms with Crippen molar-refractivity contribution in [3.8, 4) is 0 Å². The van der Waals surface area contributed by atoms with Gasteiger partial charge in [0, 0.05) is 31.4 Å². The number of amides is 1. The van der Waals surface area contributed by atoms with Gasteiger partial charge in [0.1, 0.15) is 24.3 Å². The number of ether oxygens (including phenoxy) is 4. The molecule has 11 heteroatoms. The standard InChI is InChI=1S/C19H24N2O8S/c1-10(23)21-13-4-6-14(7-5-13)30-19-18(27-9-22)16(20)17(28-12(3)25)15(29-19)8-26-11(2)24/h4-7,9,15-19H,8,20H2,1-3H3,(H,21,23). The van der Waals surface area contributed by atoms with E-state index in [4.69, 9.17) is 24.7 Å². The van der Waals surface area contributed by atoms with E-state index in [9.17, 15) is 19.2 Å². The summed E-state index contributed by atoms with van der Waals surface area (Å²) in [6.45, 7) is 3.92. The number of thioether (sulfide) groups is 1. The Balaban J connectivity index is 2.22. The molecule has 10 nitrogen and oxygen atoms in total. The van der Waals surface area contributed by atoms with Crippen molar-refractivity contribution in [1.82, 2.24) is 0 Å². The molecule has 3 N–H and O–H groups in total. The normalized spacial score (nSPS) is 25.7. The quantitative estimate of drug-likeness (QED) is 0.339. The van der Waals surface area contributed by atoms with Crippen molar-refractivity contribution < 1.29 is 38.1 Å². The van der Waals surface area contributed by atoms with Crippen LogP contribution in [-0.2, 0) is 38.1 Å². The fourth-order valence-corrected chi connectivity index (χ4v) is 4.03. The Morgan fingerprint density at radius 1 is 1.13 bits per heavy atom.